The molecule has 1 saturated heterocycles. The van der Waals surface area contributed by atoms with Crippen LogP contribution in [0.3, 0.4) is 0 Å². The number of nitrogens with zero attached hydrogens (tertiary/aromatic N) is 2. The summed E-state index contributed by atoms with van der Waals surface area (Å²) in [5.74, 6) is -0.994. The number of cyclic esters (lactones) is 1. The summed E-state index contributed by atoms with van der Waals surface area (Å²) in [6.07, 6.45) is 7.51. The lowest BCUT2D eigenvalue weighted by Crippen LogP contribution is -2.58. The quantitative estimate of drug-likeness (QED) is 0.304. The van der Waals surface area contributed by atoms with E-state index in [0.29, 0.717) is 44.6 Å². The lowest BCUT2D eigenvalue weighted by molar-refractivity contribution is -0.142. The lowest BCUT2D eigenvalue weighted by Gasteiger charge is -2.35. The third-order valence-corrected chi connectivity index (χ3v) is 13.5. The zero-order valence-corrected chi connectivity index (χ0v) is 33.8. The van der Waals surface area contributed by atoms with Crippen LogP contribution < -0.4 is 20.1 Å². The molecule has 3 fully saturated rings. The summed E-state index contributed by atoms with van der Waals surface area (Å²) in [7, 11) is -3.65. The molecular formula is C40H57N5O10S. The summed E-state index contributed by atoms with van der Waals surface area (Å²) >= 11 is 0. The number of rotatable bonds is 9. The summed E-state index contributed by atoms with van der Waals surface area (Å²) in [5.41, 5.74) is 0.984. The first kappa shape index (κ1) is 41.3. The smallest absolute Gasteiger partial charge is 0.410 e. The van der Waals surface area contributed by atoms with Gasteiger partial charge in [-0.15, -0.1) is 0 Å². The van der Waals surface area contributed by atoms with Crippen molar-refractivity contribution in [2.24, 2.45) is 16.7 Å². The maximum absolute atomic E-state index is 14.5. The minimum atomic E-state index is -3.65. The molecule has 0 aromatic heterocycles. The first-order chi connectivity index (χ1) is 26.6. The number of hydrogen-bond donors (Lipinski definition) is 3. The number of benzene rings is 1. The number of amides is 5. The number of ether oxygens (including phenoxy) is 3. The van der Waals surface area contributed by atoms with Crippen LogP contribution in [0.4, 0.5) is 9.59 Å². The number of fused-ring (bicyclic) bond motifs is 3. The molecule has 1 aromatic rings. The molecule has 3 heterocycles. The molecule has 308 valence electrons. The maximum atomic E-state index is 14.5. The van der Waals surface area contributed by atoms with E-state index in [2.05, 4.69) is 21.4 Å². The Morgan fingerprint density at radius 1 is 1.05 bits per heavy atom. The van der Waals surface area contributed by atoms with Crippen LogP contribution in [0, 0.1) is 16.7 Å². The highest BCUT2D eigenvalue weighted by Gasteiger charge is 2.48. The van der Waals surface area contributed by atoms with Crippen molar-refractivity contribution < 1.29 is 46.6 Å². The fraction of sp³-hybridized carbons (Fsp3) is 0.675. The molecule has 6 rings (SSSR count). The molecule has 15 nitrogen and oxygen atoms in total. The molecule has 2 saturated carbocycles. The average Bonchev–Trinajstić information content (AvgIpc) is 4.06. The van der Waals surface area contributed by atoms with Gasteiger partial charge in [-0.2, -0.15) is 0 Å². The van der Waals surface area contributed by atoms with Crippen LogP contribution in [0.15, 0.2) is 30.4 Å². The maximum Gasteiger partial charge on any atom is 0.410 e. The van der Waals surface area contributed by atoms with Gasteiger partial charge in [0, 0.05) is 36.9 Å². The summed E-state index contributed by atoms with van der Waals surface area (Å²) in [6.45, 7) is 8.69. The summed E-state index contributed by atoms with van der Waals surface area (Å²) in [4.78, 5) is 70.7. The summed E-state index contributed by atoms with van der Waals surface area (Å²) in [6, 6.07) is 3.65. The van der Waals surface area contributed by atoms with Crippen molar-refractivity contribution in [3.8, 4) is 5.75 Å². The van der Waals surface area contributed by atoms with E-state index < -0.39 is 68.8 Å². The van der Waals surface area contributed by atoms with Crippen LogP contribution >= 0.6 is 0 Å². The van der Waals surface area contributed by atoms with E-state index in [1.807, 2.05) is 52.0 Å². The topological polar surface area (TPSA) is 190 Å². The highest BCUT2D eigenvalue weighted by Crippen LogP contribution is 2.50. The normalized spacial score (nSPS) is 25.4. The first-order valence-corrected chi connectivity index (χ1v) is 21.5. The second kappa shape index (κ2) is 17.0. The second-order valence-corrected chi connectivity index (χ2v) is 19.1. The van der Waals surface area contributed by atoms with Gasteiger partial charge in [-0.1, -0.05) is 58.4 Å². The molecule has 0 radical (unpaired) electrons. The Bertz CT molecular complexity index is 1800. The largest absolute Gasteiger partial charge is 0.489 e. The van der Waals surface area contributed by atoms with Crippen LogP contribution in [0.2, 0.25) is 0 Å². The zero-order chi connectivity index (χ0) is 40.3. The van der Waals surface area contributed by atoms with Gasteiger partial charge in [-0.3, -0.25) is 24.0 Å². The Labute approximate surface area is 329 Å². The molecule has 4 atom stereocenters. The van der Waals surface area contributed by atoms with Gasteiger partial charge in [0.2, 0.25) is 27.7 Å². The summed E-state index contributed by atoms with van der Waals surface area (Å²) < 4.78 is 44.3. The molecule has 1 unspecified atom stereocenters. The van der Waals surface area contributed by atoms with Crippen LogP contribution in [-0.4, -0.2) is 97.9 Å². The van der Waals surface area contributed by atoms with Gasteiger partial charge in [0.15, 0.2) is 0 Å². The minimum absolute atomic E-state index is 0.0204. The average molecular weight is 800 g/mol. The lowest BCUT2D eigenvalue weighted by atomic mass is 9.85. The Morgan fingerprint density at radius 2 is 1.82 bits per heavy atom. The molecule has 5 aliphatic rings. The van der Waals surface area contributed by atoms with Crippen LogP contribution in [0.25, 0.3) is 0 Å². The molecule has 2 aliphatic carbocycles. The first-order valence-electron chi connectivity index (χ1n) is 20.0. The van der Waals surface area contributed by atoms with E-state index >= 15 is 0 Å². The molecule has 3 N–H and O–H groups in total. The predicted molar refractivity (Wildman–Crippen MR) is 205 cm³/mol. The molecule has 5 amide bonds. The van der Waals surface area contributed by atoms with Gasteiger partial charge in [0.05, 0.1) is 24.9 Å². The van der Waals surface area contributed by atoms with Crippen LogP contribution in [0.5, 0.6) is 5.75 Å². The molecule has 4 bridgehead atoms. The fourth-order valence-corrected chi connectivity index (χ4v) is 8.96. The third-order valence-electron chi connectivity index (χ3n) is 11.6. The van der Waals surface area contributed by atoms with E-state index in [-0.39, 0.29) is 50.4 Å². The number of alkyl carbamates (subject to hydrolysis) is 1. The number of allylic oxidation sites excluding steroid dienone is 1. The summed E-state index contributed by atoms with van der Waals surface area (Å²) in [5, 5.41) is 5.22. The third kappa shape index (κ3) is 10.3. The number of carbonyl (C=O) groups excluding carboxylic acids is 5. The van der Waals surface area contributed by atoms with E-state index in [4.69, 9.17) is 14.2 Å². The minimum Gasteiger partial charge on any atom is -0.489 e. The predicted octanol–water partition coefficient (Wildman–Crippen LogP) is 4.29. The van der Waals surface area contributed by atoms with Gasteiger partial charge < -0.3 is 29.7 Å². The molecule has 3 aliphatic heterocycles. The molecular weight excluding hydrogens is 743 g/mol. The molecule has 1 spiro atoms. The van der Waals surface area contributed by atoms with E-state index in [9.17, 15) is 32.4 Å². The standard InChI is InChI=1S/C40H57N5O10S/c1-5-26(12-15-33(46)43-56(51,52)29-13-14-29)21-41-35(47)31-20-28-23-45(31)36(48)34(39(2,3)4)42-37(49)54-25-40(17-18-40)16-7-6-8-19-53-32-11-9-10-27-22-44(24-30(27)32)38(50)55-28/h6,8-11,26,28-29,31,34H,5,7,12-25H2,1-4H3,(H,41,47)(H,42,49)(H,43,46)/b8-6+/t26-,28+,31?,34+/m0/s1. The fourth-order valence-electron chi connectivity index (χ4n) is 7.62. The number of hydrogen-bond acceptors (Lipinski definition) is 10. The van der Waals surface area contributed by atoms with Crippen molar-refractivity contribution in [3.05, 3.63) is 41.5 Å². The van der Waals surface area contributed by atoms with Gasteiger partial charge >= 0.3 is 12.2 Å². The Balaban J connectivity index is 1.17. The van der Waals surface area contributed by atoms with Crippen molar-refractivity contribution in [3.63, 3.8) is 0 Å². The van der Waals surface area contributed by atoms with Crippen molar-refractivity contribution in [2.45, 2.75) is 128 Å². The SMILES string of the molecule is CC[C@@H](CCC(=O)NS(=O)(=O)C1CC1)CNC(=O)C1C[C@@H]2CN1C(=O)[C@H](C(C)(C)C)NC(=O)OCC1(CC/C=C/COc3cccc4c3CN(C4)C(=O)O2)CC1. The van der Waals surface area contributed by atoms with Crippen molar-refractivity contribution in [1.82, 2.24) is 25.2 Å². The molecule has 56 heavy (non-hydrogen) atoms. The van der Waals surface area contributed by atoms with E-state index in [1.54, 1.807) is 4.90 Å². The van der Waals surface area contributed by atoms with Gasteiger partial charge in [0.1, 0.15) is 30.5 Å². The van der Waals surface area contributed by atoms with E-state index in [1.165, 1.54) is 4.90 Å². The van der Waals surface area contributed by atoms with Crippen molar-refractivity contribution in [1.29, 1.82) is 0 Å². The second-order valence-electron chi connectivity index (χ2n) is 17.2. The Kier molecular flexibility index (Phi) is 12.6. The number of sulfonamides is 1. The highest BCUT2D eigenvalue weighted by atomic mass is 32.2. The molecule has 16 heteroatoms. The van der Waals surface area contributed by atoms with Gasteiger partial charge in [-0.25, -0.2) is 18.0 Å². The van der Waals surface area contributed by atoms with Crippen molar-refractivity contribution in [2.75, 3.05) is 26.3 Å². The van der Waals surface area contributed by atoms with E-state index in [0.717, 1.165) is 36.8 Å². The Morgan fingerprint density at radius 3 is 2.52 bits per heavy atom. The number of carbonyl (C=O) groups is 5. The van der Waals surface area contributed by atoms with Crippen LogP contribution in [0.1, 0.15) is 103 Å². The molecule has 1 aromatic carbocycles. The van der Waals surface area contributed by atoms with Crippen molar-refractivity contribution >= 4 is 39.9 Å². The zero-order valence-electron chi connectivity index (χ0n) is 33.0. The van der Waals surface area contributed by atoms with Gasteiger partial charge in [0.25, 0.3) is 0 Å². The Hall–Kier alpha value is -4.34. The highest BCUT2D eigenvalue weighted by molar-refractivity contribution is 7.90. The van der Waals surface area contributed by atoms with Gasteiger partial charge in [-0.05, 0) is 67.9 Å². The monoisotopic (exact) mass is 799 g/mol. The number of nitrogens with one attached hydrogen (secondary N) is 3. The van der Waals surface area contributed by atoms with Crippen LogP contribution in [-0.2, 0) is 47.0 Å².